The smallest absolute Gasteiger partial charge is 0.147 e. The van der Waals surface area contributed by atoms with E-state index < -0.39 is 0 Å². The van der Waals surface area contributed by atoms with Crippen molar-refractivity contribution >= 4 is 27.9 Å². The number of hydrogen-bond acceptors (Lipinski definition) is 3. The van der Waals surface area contributed by atoms with E-state index in [9.17, 15) is 14.3 Å². The highest BCUT2D eigenvalue weighted by atomic mass is 79.9. The van der Waals surface area contributed by atoms with Gasteiger partial charge in [0.25, 0.3) is 0 Å². The van der Waals surface area contributed by atoms with Crippen molar-refractivity contribution in [2.45, 2.75) is 25.8 Å². The molecule has 0 saturated heterocycles. The minimum Gasteiger partial charge on any atom is -0.506 e. The molecule has 2 rings (SSSR count). The zero-order valence-electron chi connectivity index (χ0n) is 9.34. The lowest BCUT2D eigenvalue weighted by Crippen LogP contribution is -2.33. The first-order valence-corrected chi connectivity index (χ1v) is 6.24. The van der Waals surface area contributed by atoms with E-state index in [1.165, 1.54) is 6.07 Å². The van der Waals surface area contributed by atoms with Gasteiger partial charge >= 0.3 is 0 Å². The van der Waals surface area contributed by atoms with Gasteiger partial charge in [0, 0.05) is 18.0 Å². The Balaban J connectivity index is 2.45. The van der Waals surface area contributed by atoms with E-state index in [1.54, 1.807) is 0 Å². The summed E-state index contributed by atoms with van der Waals surface area (Å²) in [5, 5.41) is 12.9. The third kappa shape index (κ3) is 2.16. The lowest BCUT2D eigenvalue weighted by Gasteiger charge is -2.32. The lowest BCUT2D eigenvalue weighted by atomic mass is 9.85. The first kappa shape index (κ1) is 12.4. The predicted molar refractivity (Wildman–Crippen MR) is 66.7 cm³/mol. The van der Waals surface area contributed by atoms with Crippen LogP contribution in [0.1, 0.15) is 18.9 Å². The molecule has 0 saturated carbocycles. The average Bonchev–Trinajstić information content (AvgIpc) is 2.28. The number of phenolic OH excluding ortho intramolecular Hbond substituents is 1. The zero-order valence-corrected chi connectivity index (χ0v) is 10.9. The van der Waals surface area contributed by atoms with Crippen molar-refractivity contribution in [1.29, 1.82) is 0 Å². The van der Waals surface area contributed by atoms with Crippen LogP contribution in [0.2, 0.25) is 0 Å². The molecular formula is C12H13BrFNO2. The molecule has 1 aromatic carbocycles. The van der Waals surface area contributed by atoms with Gasteiger partial charge in [0.2, 0.25) is 0 Å². The van der Waals surface area contributed by atoms with Crippen LogP contribution in [0.25, 0.3) is 0 Å². The fraction of sp³-hybridized carbons (Fsp3) is 0.417. The Kier molecular flexibility index (Phi) is 3.38. The van der Waals surface area contributed by atoms with Crippen LogP contribution in [0.3, 0.4) is 0 Å². The van der Waals surface area contributed by atoms with Gasteiger partial charge in [-0.1, -0.05) is 0 Å². The number of hydrogen-bond donors (Lipinski definition) is 2. The van der Waals surface area contributed by atoms with Crippen molar-refractivity contribution in [3.05, 3.63) is 21.9 Å². The van der Waals surface area contributed by atoms with Gasteiger partial charge in [-0.05, 0) is 41.3 Å². The molecule has 1 aliphatic rings. The van der Waals surface area contributed by atoms with E-state index in [2.05, 4.69) is 21.2 Å². The molecule has 2 N–H and O–H groups in total. The zero-order chi connectivity index (χ0) is 12.6. The Labute approximate surface area is 107 Å². The van der Waals surface area contributed by atoms with Crippen LogP contribution in [0.15, 0.2) is 10.5 Å². The Morgan fingerprint density at radius 2 is 2.41 bits per heavy atom. The van der Waals surface area contributed by atoms with Gasteiger partial charge in [-0.15, -0.1) is 0 Å². The van der Waals surface area contributed by atoms with Crippen LogP contribution in [0.4, 0.5) is 10.1 Å². The average molecular weight is 302 g/mol. The topological polar surface area (TPSA) is 49.3 Å². The highest BCUT2D eigenvalue weighted by Gasteiger charge is 2.29. The minimum atomic E-state index is -0.388. The minimum absolute atomic E-state index is 0.0165. The molecule has 1 aromatic rings. The summed E-state index contributed by atoms with van der Waals surface area (Å²) >= 11 is 3.11. The summed E-state index contributed by atoms with van der Waals surface area (Å²) in [6, 6.07) is 1.26. The highest BCUT2D eigenvalue weighted by Crippen LogP contribution is 2.41. The number of aldehydes is 1. The molecule has 1 unspecified atom stereocenters. The molecule has 0 aromatic heterocycles. The van der Waals surface area contributed by atoms with Gasteiger partial charge in [-0.25, -0.2) is 4.39 Å². The number of nitrogens with one attached hydrogen (secondary N) is 1. The monoisotopic (exact) mass is 301 g/mol. The summed E-state index contributed by atoms with van der Waals surface area (Å²) in [5.41, 5.74) is 0.891. The third-order valence-electron chi connectivity index (χ3n) is 3.25. The number of carbonyl (C=O) groups is 1. The van der Waals surface area contributed by atoms with Crippen molar-refractivity contribution in [2.24, 2.45) is 5.92 Å². The standard InChI is InChI=1S/C12H13BrFNO2/c1-6-7(2-3-16)4-8-11(15-6)10(14)5-9(13)12(8)17/h3,5-7,15,17H,2,4H2,1H3/t6-,7?/m0/s1. The van der Waals surface area contributed by atoms with Crippen molar-refractivity contribution in [1.82, 2.24) is 0 Å². The normalized spacial score (nSPS) is 22.8. The summed E-state index contributed by atoms with van der Waals surface area (Å²) in [7, 11) is 0. The number of fused-ring (bicyclic) bond motifs is 1. The van der Waals surface area contributed by atoms with E-state index in [4.69, 9.17) is 0 Å². The maximum atomic E-state index is 13.7. The Bertz CT molecular complexity index is 464. The van der Waals surface area contributed by atoms with Crippen LogP contribution in [-0.4, -0.2) is 17.4 Å². The summed E-state index contributed by atoms with van der Waals surface area (Å²) in [6.07, 6.45) is 1.77. The van der Waals surface area contributed by atoms with Crippen molar-refractivity contribution in [3.8, 4) is 5.75 Å². The largest absolute Gasteiger partial charge is 0.506 e. The number of aromatic hydroxyl groups is 1. The van der Waals surface area contributed by atoms with E-state index in [0.717, 1.165) is 6.29 Å². The quantitative estimate of drug-likeness (QED) is 0.826. The fourth-order valence-corrected chi connectivity index (χ4v) is 2.65. The maximum absolute atomic E-state index is 13.7. The predicted octanol–water partition coefficient (Wildman–Crippen LogP) is 2.86. The molecular weight excluding hydrogens is 289 g/mol. The van der Waals surface area contributed by atoms with Gasteiger partial charge in [0.1, 0.15) is 17.9 Å². The fourth-order valence-electron chi connectivity index (χ4n) is 2.21. The lowest BCUT2D eigenvalue weighted by molar-refractivity contribution is -0.108. The van der Waals surface area contributed by atoms with Gasteiger partial charge in [0.15, 0.2) is 0 Å². The summed E-state index contributed by atoms with van der Waals surface area (Å²) in [5.74, 6) is -0.252. The Morgan fingerprint density at radius 1 is 1.71 bits per heavy atom. The molecule has 0 bridgehead atoms. The van der Waals surface area contributed by atoms with Crippen LogP contribution in [0, 0.1) is 11.7 Å². The Morgan fingerprint density at radius 3 is 3.06 bits per heavy atom. The van der Waals surface area contributed by atoms with Gasteiger partial charge in [0.05, 0.1) is 10.2 Å². The summed E-state index contributed by atoms with van der Waals surface area (Å²) in [4.78, 5) is 10.6. The molecule has 0 spiro atoms. The van der Waals surface area contributed by atoms with Crippen molar-refractivity contribution < 1.29 is 14.3 Å². The molecule has 0 aliphatic carbocycles. The van der Waals surface area contributed by atoms with Gasteiger partial charge < -0.3 is 15.2 Å². The number of phenols is 1. The number of carbonyl (C=O) groups excluding carboxylic acids is 1. The molecule has 1 heterocycles. The molecule has 1 aliphatic heterocycles. The SMILES string of the molecule is C[C@@H]1Nc2c(F)cc(Br)c(O)c2CC1CC=O. The Hall–Kier alpha value is -1.10. The third-order valence-corrected chi connectivity index (χ3v) is 3.86. The number of halogens is 2. The van der Waals surface area contributed by atoms with Crippen molar-refractivity contribution in [2.75, 3.05) is 5.32 Å². The molecule has 2 atom stereocenters. The van der Waals surface area contributed by atoms with E-state index in [1.807, 2.05) is 6.92 Å². The molecule has 17 heavy (non-hydrogen) atoms. The van der Waals surface area contributed by atoms with E-state index in [-0.39, 0.29) is 23.5 Å². The first-order chi connectivity index (χ1) is 8.04. The van der Waals surface area contributed by atoms with Crippen LogP contribution < -0.4 is 5.32 Å². The van der Waals surface area contributed by atoms with Gasteiger partial charge in [-0.2, -0.15) is 0 Å². The second-order valence-electron chi connectivity index (χ2n) is 4.34. The number of anilines is 1. The van der Waals surface area contributed by atoms with E-state index in [0.29, 0.717) is 28.6 Å². The van der Waals surface area contributed by atoms with Crippen LogP contribution >= 0.6 is 15.9 Å². The molecule has 0 radical (unpaired) electrons. The van der Waals surface area contributed by atoms with Gasteiger partial charge in [-0.3, -0.25) is 0 Å². The summed E-state index contributed by atoms with van der Waals surface area (Å²) < 4.78 is 14.1. The molecule has 92 valence electrons. The number of rotatable bonds is 2. The summed E-state index contributed by atoms with van der Waals surface area (Å²) in [6.45, 7) is 1.91. The second-order valence-corrected chi connectivity index (χ2v) is 5.20. The number of benzene rings is 1. The van der Waals surface area contributed by atoms with Crippen LogP contribution in [0.5, 0.6) is 5.75 Å². The molecule has 0 amide bonds. The second kappa shape index (κ2) is 4.64. The highest BCUT2D eigenvalue weighted by molar-refractivity contribution is 9.10. The maximum Gasteiger partial charge on any atom is 0.147 e. The van der Waals surface area contributed by atoms with E-state index >= 15 is 0 Å². The molecule has 3 nitrogen and oxygen atoms in total. The molecule has 5 heteroatoms. The van der Waals surface area contributed by atoms with Crippen LogP contribution in [-0.2, 0) is 11.2 Å². The molecule has 0 fully saturated rings. The first-order valence-electron chi connectivity index (χ1n) is 5.44. The van der Waals surface area contributed by atoms with Crippen molar-refractivity contribution in [3.63, 3.8) is 0 Å².